The van der Waals surface area contributed by atoms with Crippen LogP contribution in [0.3, 0.4) is 0 Å². The summed E-state index contributed by atoms with van der Waals surface area (Å²) in [5.41, 5.74) is -0.0468. The van der Waals surface area contributed by atoms with Gasteiger partial charge in [-0.05, 0) is 27.8 Å². The van der Waals surface area contributed by atoms with Crippen LogP contribution in [0, 0.1) is 0 Å². The zero-order valence-corrected chi connectivity index (χ0v) is 9.07. The average Bonchev–Trinajstić information content (AvgIpc) is 2.27. The Morgan fingerprint density at radius 2 is 2.21 bits per heavy atom. The maximum Gasteiger partial charge on any atom is 0.351 e. The van der Waals surface area contributed by atoms with E-state index in [0.29, 0.717) is 6.54 Å². The molecule has 1 rings (SSSR count). The van der Waals surface area contributed by atoms with E-state index in [4.69, 9.17) is 9.84 Å². The molecule has 0 radical (unpaired) electrons. The second kappa shape index (κ2) is 3.71. The molecule has 0 saturated carbocycles. The number of hydrogen-bond acceptors (Lipinski definition) is 3. The van der Waals surface area contributed by atoms with Gasteiger partial charge in [0.25, 0.3) is 0 Å². The number of aliphatic carboxylic acids is 1. The van der Waals surface area contributed by atoms with Crippen LogP contribution in [-0.2, 0) is 9.53 Å². The number of likely N-dealkylation sites (N-methyl/N-ethyl adjacent to an activating group) is 1. The number of carbonyl (C=O) groups is 1. The number of rotatable bonds is 2. The minimum Gasteiger partial charge on any atom is -0.478 e. The van der Waals surface area contributed by atoms with E-state index >= 15 is 0 Å². The van der Waals surface area contributed by atoms with E-state index in [1.807, 2.05) is 19.9 Å². The predicted octanol–water partition coefficient (Wildman–Crippen LogP) is 1.08. The van der Waals surface area contributed by atoms with Crippen LogP contribution in [0.2, 0.25) is 0 Å². The summed E-state index contributed by atoms with van der Waals surface area (Å²) < 4.78 is 5.48. The van der Waals surface area contributed by atoms with E-state index in [1.165, 1.54) is 0 Å². The third kappa shape index (κ3) is 1.96. The van der Waals surface area contributed by atoms with Crippen LogP contribution < -0.4 is 0 Å². The molecule has 0 spiro atoms. The maximum absolute atomic E-state index is 11.0. The smallest absolute Gasteiger partial charge is 0.351 e. The minimum absolute atomic E-state index is 0.119. The highest BCUT2D eigenvalue weighted by molar-refractivity contribution is 5.76. The topological polar surface area (TPSA) is 49.8 Å². The molecule has 1 aliphatic heterocycles. The molecule has 1 aliphatic rings. The first kappa shape index (κ1) is 11.2. The highest BCUT2D eigenvalue weighted by Gasteiger charge is 2.46. The van der Waals surface area contributed by atoms with Gasteiger partial charge in [0.1, 0.15) is 0 Å². The molecule has 1 N–H and O–H groups in total. The van der Waals surface area contributed by atoms with E-state index in [1.54, 1.807) is 18.9 Å². The molecule has 2 atom stereocenters. The van der Waals surface area contributed by atoms with E-state index < -0.39 is 11.7 Å². The van der Waals surface area contributed by atoms with Gasteiger partial charge < -0.3 is 9.84 Å². The second-order valence-electron chi connectivity index (χ2n) is 4.07. The van der Waals surface area contributed by atoms with Gasteiger partial charge in [-0.2, -0.15) is 0 Å². The Kier molecular flexibility index (Phi) is 2.97. The first-order valence-corrected chi connectivity index (χ1v) is 4.63. The van der Waals surface area contributed by atoms with Crippen LogP contribution in [0.1, 0.15) is 20.8 Å². The van der Waals surface area contributed by atoms with Crippen molar-refractivity contribution in [3.05, 3.63) is 11.6 Å². The lowest BCUT2D eigenvalue weighted by atomic mass is 10.2. The predicted molar refractivity (Wildman–Crippen MR) is 53.0 cm³/mol. The third-order valence-corrected chi connectivity index (χ3v) is 2.48. The molecule has 0 bridgehead atoms. The molecule has 4 nitrogen and oxygen atoms in total. The highest BCUT2D eigenvalue weighted by atomic mass is 16.6. The molecule has 1 saturated heterocycles. The number of carboxylic acid groups (broad SMARTS) is 1. The number of allylic oxidation sites excluding steroid dienone is 1. The molecule has 4 heteroatoms. The molecular weight excluding hydrogens is 182 g/mol. The van der Waals surface area contributed by atoms with Crippen LogP contribution in [0.4, 0.5) is 0 Å². The quantitative estimate of drug-likeness (QED) is 0.676. The molecular formula is C10H17NO3. The number of ether oxygens (including phenoxy) is 1. The lowest BCUT2D eigenvalue weighted by Crippen LogP contribution is -2.46. The van der Waals surface area contributed by atoms with Gasteiger partial charge in [0.2, 0.25) is 5.72 Å². The van der Waals surface area contributed by atoms with E-state index in [2.05, 4.69) is 0 Å². The molecule has 0 aromatic heterocycles. The van der Waals surface area contributed by atoms with Gasteiger partial charge in [0.15, 0.2) is 0 Å². The summed E-state index contributed by atoms with van der Waals surface area (Å²) in [5.74, 6) is -0.940. The molecule has 0 aromatic carbocycles. The summed E-state index contributed by atoms with van der Waals surface area (Å²) in [7, 11) is 1.76. The van der Waals surface area contributed by atoms with Crippen molar-refractivity contribution < 1.29 is 14.6 Å². The SMILES string of the molecule is CC(C)=CC1CN(C)C(C)(C(=O)O)O1. The zero-order valence-electron chi connectivity index (χ0n) is 9.07. The van der Waals surface area contributed by atoms with E-state index in [9.17, 15) is 4.79 Å². The fraction of sp³-hybridized carbons (Fsp3) is 0.700. The Labute approximate surface area is 84.2 Å². The van der Waals surface area contributed by atoms with Crippen LogP contribution in [0.15, 0.2) is 11.6 Å². The van der Waals surface area contributed by atoms with Crippen LogP contribution in [0.25, 0.3) is 0 Å². The van der Waals surface area contributed by atoms with Gasteiger partial charge in [0.05, 0.1) is 6.10 Å². The van der Waals surface area contributed by atoms with Crippen LogP contribution >= 0.6 is 0 Å². The number of hydrogen-bond donors (Lipinski definition) is 1. The van der Waals surface area contributed by atoms with Gasteiger partial charge in [-0.25, -0.2) is 4.79 Å². The van der Waals surface area contributed by atoms with Gasteiger partial charge in [-0.1, -0.05) is 11.6 Å². The first-order chi connectivity index (χ1) is 6.36. The summed E-state index contributed by atoms with van der Waals surface area (Å²) >= 11 is 0. The van der Waals surface area contributed by atoms with Gasteiger partial charge in [0, 0.05) is 6.54 Å². The summed E-state index contributed by atoms with van der Waals surface area (Å²) in [6, 6.07) is 0. The van der Waals surface area contributed by atoms with Crippen molar-refractivity contribution in [1.82, 2.24) is 4.90 Å². The third-order valence-electron chi connectivity index (χ3n) is 2.48. The van der Waals surface area contributed by atoms with Crippen molar-refractivity contribution in [2.75, 3.05) is 13.6 Å². The van der Waals surface area contributed by atoms with Gasteiger partial charge in [-0.15, -0.1) is 0 Å². The molecule has 0 amide bonds. The van der Waals surface area contributed by atoms with E-state index in [0.717, 1.165) is 5.57 Å². The second-order valence-corrected chi connectivity index (χ2v) is 4.07. The Bertz CT molecular complexity index is 271. The van der Waals surface area contributed by atoms with Crippen molar-refractivity contribution >= 4 is 5.97 Å². The monoisotopic (exact) mass is 199 g/mol. The minimum atomic E-state index is -1.18. The Morgan fingerprint density at radius 3 is 2.57 bits per heavy atom. The summed E-state index contributed by atoms with van der Waals surface area (Å²) in [6.07, 6.45) is 1.83. The Morgan fingerprint density at radius 1 is 1.64 bits per heavy atom. The largest absolute Gasteiger partial charge is 0.478 e. The normalized spacial score (nSPS) is 33.0. The standard InChI is InChI=1S/C10H17NO3/c1-7(2)5-8-6-11(4)10(3,14-8)9(12)13/h5,8H,6H2,1-4H3,(H,12,13). The summed E-state index contributed by atoms with van der Waals surface area (Å²) in [5, 5.41) is 9.01. The maximum atomic E-state index is 11.0. The molecule has 0 aromatic rings. The van der Waals surface area contributed by atoms with Crippen molar-refractivity contribution in [2.45, 2.75) is 32.6 Å². The molecule has 2 unspecified atom stereocenters. The fourth-order valence-electron chi connectivity index (χ4n) is 1.54. The van der Waals surface area contributed by atoms with Crippen molar-refractivity contribution in [2.24, 2.45) is 0 Å². The lowest BCUT2D eigenvalue weighted by molar-refractivity contribution is -0.173. The summed E-state index contributed by atoms with van der Waals surface area (Å²) in [6.45, 7) is 6.14. The molecule has 0 aliphatic carbocycles. The van der Waals surface area contributed by atoms with Crippen LogP contribution in [0.5, 0.6) is 0 Å². The van der Waals surface area contributed by atoms with Crippen molar-refractivity contribution in [1.29, 1.82) is 0 Å². The number of carboxylic acids is 1. The lowest BCUT2D eigenvalue weighted by Gasteiger charge is -2.25. The van der Waals surface area contributed by atoms with Gasteiger partial charge >= 0.3 is 5.97 Å². The molecule has 1 heterocycles. The molecule has 1 fully saturated rings. The number of nitrogens with zero attached hydrogens (tertiary/aromatic N) is 1. The van der Waals surface area contributed by atoms with Crippen molar-refractivity contribution in [3.63, 3.8) is 0 Å². The highest BCUT2D eigenvalue weighted by Crippen LogP contribution is 2.26. The molecule has 14 heavy (non-hydrogen) atoms. The Hall–Kier alpha value is -0.870. The Balaban J connectivity index is 2.79. The van der Waals surface area contributed by atoms with Crippen molar-refractivity contribution in [3.8, 4) is 0 Å². The zero-order chi connectivity index (χ0) is 10.9. The first-order valence-electron chi connectivity index (χ1n) is 4.63. The average molecular weight is 199 g/mol. The fourth-order valence-corrected chi connectivity index (χ4v) is 1.54. The molecule has 80 valence electrons. The van der Waals surface area contributed by atoms with Gasteiger partial charge in [-0.3, -0.25) is 4.90 Å². The van der Waals surface area contributed by atoms with Crippen LogP contribution in [-0.4, -0.2) is 41.4 Å². The van der Waals surface area contributed by atoms with E-state index in [-0.39, 0.29) is 6.10 Å². The summed E-state index contributed by atoms with van der Waals surface area (Å²) in [4.78, 5) is 12.7.